The van der Waals surface area contributed by atoms with Crippen molar-refractivity contribution >= 4 is 55.8 Å². The van der Waals surface area contributed by atoms with Crippen molar-refractivity contribution in [1.82, 2.24) is 14.8 Å². The van der Waals surface area contributed by atoms with Crippen molar-refractivity contribution in [3.05, 3.63) is 69.5 Å². The molecule has 2 heterocycles. The highest BCUT2D eigenvalue weighted by Crippen LogP contribution is 2.33. The molecule has 0 aliphatic carbocycles. The van der Waals surface area contributed by atoms with Gasteiger partial charge in [0.05, 0.1) is 22.5 Å². The van der Waals surface area contributed by atoms with E-state index in [1.807, 2.05) is 43.7 Å². The summed E-state index contributed by atoms with van der Waals surface area (Å²) in [6, 6.07) is 12.7. The first-order chi connectivity index (χ1) is 15.3. The van der Waals surface area contributed by atoms with Crippen molar-refractivity contribution in [3.63, 3.8) is 0 Å². The highest BCUT2D eigenvalue weighted by Gasteiger charge is 2.22. The Labute approximate surface area is 200 Å². The summed E-state index contributed by atoms with van der Waals surface area (Å²) in [4.78, 5) is 19.6. The van der Waals surface area contributed by atoms with Crippen LogP contribution in [0.1, 0.15) is 17.0 Å². The number of fused-ring (bicyclic) bond motifs is 1. The fourth-order valence-electron chi connectivity index (χ4n) is 3.43. The van der Waals surface area contributed by atoms with Gasteiger partial charge in [0.2, 0.25) is 0 Å². The minimum absolute atomic E-state index is 0.117. The van der Waals surface area contributed by atoms with Crippen LogP contribution in [-0.4, -0.2) is 33.8 Å². The van der Waals surface area contributed by atoms with Crippen LogP contribution in [-0.2, 0) is 11.3 Å². The normalized spacial score (nSPS) is 11.2. The summed E-state index contributed by atoms with van der Waals surface area (Å²) < 4.78 is 8.54. The molecule has 0 radical (unpaired) electrons. The molecular formula is C23H22Cl2N4O2S. The van der Waals surface area contributed by atoms with Crippen LogP contribution in [0.5, 0.6) is 5.75 Å². The smallest absolute Gasteiger partial charge is 0.266 e. The summed E-state index contributed by atoms with van der Waals surface area (Å²) in [5, 5.41) is 6.37. The second-order valence-electron chi connectivity index (χ2n) is 7.50. The van der Waals surface area contributed by atoms with Gasteiger partial charge in [-0.3, -0.25) is 14.4 Å². The maximum absolute atomic E-state index is 13.2. The average molecular weight is 489 g/mol. The molecule has 32 heavy (non-hydrogen) atoms. The molecule has 6 nitrogen and oxygen atoms in total. The molecule has 0 atom stereocenters. The van der Waals surface area contributed by atoms with Crippen molar-refractivity contribution in [2.24, 2.45) is 0 Å². The fraction of sp³-hybridized carbons (Fsp3) is 0.261. The molecule has 2 aromatic heterocycles. The zero-order valence-electron chi connectivity index (χ0n) is 17.9. The molecule has 0 saturated heterocycles. The summed E-state index contributed by atoms with van der Waals surface area (Å²) in [5.74, 6) is 0.387. The molecule has 4 aromatic rings. The summed E-state index contributed by atoms with van der Waals surface area (Å²) in [6.45, 7) is 6.75. The second-order valence-corrected chi connectivity index (χ2v) is 9.39. The van der Waals surface area contributed by atoms with Crippen LogP contribution in [0.25, 0.3) is 10.2 Å². The van der Waals surface area contributed by atoms with E-state index in [0.717, 1.165) is 27.2 Å². The lowest BCUT2D eigenvalue weighted by molar-refractivity contribution is -0.120. The number of halogens is 2. The lowest BCUT2D eigenvalue weighted by Gasteiger charge is -2.20. The third kappa shape index (κ3) is 5.06. The predicted octanol–water partition coefficient (Wildman–Crippen LogP) is 5.84. The van der Waals surface area contributed by atoms with Gasteiger partial charge in [0, 0.05) is 22.3 Å². The molecule has 0 N–H and O–H groups in total. The Morgan fingerprint density at radius 1 is 1.09 bits per heavy atom. The minimum atomic E-state index is -0.190. The first kappa shape index (κ1) is 22.6. The number of hydrogen-bond donors (Lipinski definition) is 0. The van der Waals surface area contributed by atoms with Crippen LogP contribution in [0.3, 0.4) is 0 Å². The topological polar surface area (TPSA) is 60.2 Å². The number of benzene rings is 2. The molecule has 0 unspecified atom stereocenters. The van der Waals surface area contributed by atoms with Crippen molar-refractivity contribution < 1.29 is 9.53 Å². The number of carbonyl (C=O) groups is 1. The summed E-state index contributed by atoms with van der Waals surface area (Å²) in [7, 11) is 0. The predicted molar refractivity (Wildman–Crippen MR) is 130 cm³/mol. The van der Waals surface area contributed by atoms with Gasteiger partial charge in [0.1, 0.15) is 5.75 Å². The van der Waals surface area contributed by atoms with Gasteiger partial charge in [0.25, 0.3) is 5.91 Å². The van der Waals surface area contributed by atoms with Crippen molar-refractivity contribution in [2.75, 3.05) is 18.1 Å². The fourth-order valence-corrected chi connectivity index (χ4v) is 5.02. The highest BCUT2D eigenvalue weighted by atomic mass is 35.5. The maximum atomic E-state index is 13.2. The second kappa shape index (κ2) is 9.48. The lowest BCUT2D eigenvalue weighted by Crippen LogP contribution is -2.37. The minimum Gasteiger partial charge on any atom is -0.484 e. The van der Waals surface area contributed by atoms with E-state index in [4.69, 9.17) is 32.9 Å². The molecule has 4 rings (SSSR count). The van der Waals surface area contributed by atoms with E-state index in [-0.39, 0.29) is 12.5 Å². The number of anilines is 1. The number of aromatic nitrogens is 3. The molecule has 0 spiro atoms. The third-order valence-corrected chi connectivity index (χ3v) is 6.48. The molecule has 0 saturated carbocycles. The van der Waals surface area contributed by atoms with Crippen LogP contribution < -0.4 is 9.64 Å². The molecular weight excluding hydrogens is 467 g/mol. The van der Waals surface area contributed by atoms with Gasteiger partial charge in [-0.05, 0) is 68.8 Å². The molecule has 0 aliphatic rings. The van der Waals surface area contributed by atoms with E-state index in [1.165, 1.54) is 11.3 Å². The van der Waals surface area contributed by atoms with Crippen molar-refractivity contribution in [3.8, 4) is 5.75 Å². The van der Waals surface area contributed by atoms with Gasteiger partial charge in [-0.15, -0.1) is 0 Å². The lowest BCUT2D eigenvalue weighted by atomic mass is 10.2. The van der Waals surface area contributed by atoms with Gasteiger partial charge in [-0.2, -0.15) is 5.10 Å². The zero-order chi connectivity index (χ0) is 22.8. The standard InChI is InChI=1S/C23H22Cl2N4O2S/c1-14-10-18(25)12-20-22(14)26-23(32-20)28(8-9-29-16(3)11-15(2)27-29)21(30)13-31-19-6-4-17(24)5-7-19/h4-7,10-12H,8-9,13H2,1-3H3. The summed E-state index contributed by atoms with van der Waals surface area (Å²) in [5.41, 5.74) is 3.80. The van der Waals surface area contributed by atoms with Gasteiger partial charge >= 0.3 is 0 Å². The van der Waals surface area contributed by atoms with E-state index in [9.17, 15) is 4.79 Å². The molecule has 0 bridgehead atoms. The van der Waals surface area contributed by atoms with Gasteiger partial charge in [0.15, 0.2) is 11.7 Å². The zero-order valence-corrected chi connectivity index (χ0v) is 20.3. The van der Waals surface area contributed by atoms with Crippen LogP contribution in [0.2, 0.25) is 10.0 Å². The van der Waals surface area contributed by atoms with Crippen LogP contribution >= 0.6 is 34.5 Å². The summed E-state index contributed by atoms with van der Waals surface area (Å²) >= 11 is 13.6. The molecule has 9 heteroatoms. The van der Waals surface area contributed by atoms with E-state index in [0.29, 0.717) is 34.0 Å². The molecule has 0 aliphatic heterocycles. The number of hydrogen-bond acceptors (Lipinski definition) is 5. The average Bonchev–Trinajstić information content (AvgIpc) is 3.30. The van der Waals surface area contributed by atoms with Crippen molar-refractivity contribution in [2.45, 2.75) is 27.3 Å². The number of thiazole rings is 1. The number of ether oxygens (including phenoxy) is 1. The van der Waals surface area contributed by atoms with Crippen LogP contribution in [0, 0.1) is 20.8 Å². The number of amides is 1. The van der Waals surface area contributed by atoms with Crippen molar-refractivity contribution in [1.29, 1.82) is 0 Å². The van der Waals surface area contributed by atoms with Crippen LogP contribution in [0.15, 0.2) is 42.5 Å². The van der Waals surface area contributed by atoms with Gasteiger partial charge in [-0.25, -0.2) is 4.98 Å². The Morgan fingerprint density at radius 3 is 2.53 bits per heavy atom. The number of nitrogens with zero attached hydrogens (tertiary/aromatic N) is 4. The quantitative estimate of drug-likeness (QED) is 0.328. The Kier molecular flexibility index (Phi) is 6.69. The molecule has 0 fully saturated rings. The molecule has 1 amide bonds. The SMILES string of the molecule is Cc1cc(C)n(CCN(C(=O)COc2ccc(Cl)cc2)c2nc3c(C)cc(Cl)cc3s2)n1. The monoisotopic (exact) mass is 488 g/mol. The first-order valence-electron chi connectivity index (χ1n) is 10.1. The van der Waals surface area contributed by atoms with E-state index in [1.54, 1.807) is 29.2 Å². The number of rotatable bonds is 7. The van der Waals surface area contributed by atoms with E-state index >= 15 is 0 Å². The molecule has 2 aromatic carbocycles. The van der Waals surface area contributed by atoms with Gasteiger partial charge < -0.3 is 4.74 Å². The van der Waals surface area contributed by atoms with E-state index in [2.05, 4.69) is 5.10 Å². The Morgan fingerprint density at radius 2 is 1.84 bits per heavy atom. The maximum Gasteiger partial charge on any atom is 0.266 e. The largest absolute Gasteiger partial charge is 0.484 e. The Bertz CT molecular complexity index is 1270. The highest BCUT2D eigenvalue weighted by molar-refractivity contribution is 7.22. The molecule has 166 valence electrons. The third-order valence-electron chi connectivity index (χ3n) is 4.99. The van der Waals surface area contributed by atoms with E-state index < -0.39 is 0 Å². The van der Waals surface area contributed by atoms with Gasteiger partial charge in [-0.1, -0.05) is 34.5 Å². The summed E-state index contributed by atoms with van der Waals surface area (Å²) in [6.07, 6.45) is 0. The first-order valence-corrected chi connectivity index (χ1v) is 11.6. The van der Waals surface area contributed by atoms with Crippen LogP contribution in [0.4, 0.5) is 5.13 Å². The number of aryl methyl sites for hydroxylation is 3. The Hall–Kier alpha value is -2.61. The Balaban J connectivity index is 1.59. The number of carbonyl (C=O) groups excluding carboxylic acids is 1.